The van der Waals surface area contributed by atoms with E-state index < -0.39 is 0 Å². The summed E-state index contributed by atoms with van der Waals surface area (Å²) in [5.74, 6) is 0.533. The fourth-order valence-corrected chi connectivity index (χ4v) is 3.24. The zero-order chi connectivity index (χ0) is 17.6. The number of hydrogen-bond acceptors (Lipinski definition) is 4. The number of nitrogens with zero attached hydrogens (tertiary/aromatic N) is 3. The molecule has 1 unspecified atom stereocenters. The van der Waals surface area contributed by atoms with E-state index in [4.69, 9.17) is 4.74 Å². The number of likely N-dealkylation sites (tertiary alicyclic amines) is 1. The average molecular weight is 342 g/mol. The highest BCUT2D eigenvalue weighted by molar-refractivity contribution is 5.95. The summed E-state index contributed by atoms with van der Waals surface area (Å²) in [6.07, 6.45) is 5.83. The van der Waals surface area contributed by atoms with Crippen molar-refractivity contribution in [3.8, 4) is 0 Å². The molecular formula is C19H26N4O2. The Labute approximate surface area is 148 Å². The van der Waals surface area contributed by atoms with Crippen LogP contribution in [0.1, 0.15) is 30.1 Å². The van der Waals surface area contributed by atoms with Gasteiger partial charge < -0.3 is 15.0 Å². The Bertz CT molecular complexity index is 713. The van der Waals surface area contributed by atoms with Crippen molar-refractivity contribution in [1.82, 2.24) is 14.7 Å². The standard InChI is InChI=1S/C19H26N4O2/c1-3-25-14-15-6-5-9-23(12-15)19(24)16-7-4-8-17(10-16)21-18-11-20-22(2)13-18/h4,7-8,10-11,13,15,21H,3,5-6,9,12,14H2,1-2H3. The van der Waals surface area contributed by atoms with Crippen molar-refractivity contribution >= 4 is 17.3 Å². The minimum atomic E-state index is 0.0936. The number of carbonyl (C=O) groups excluding carboxylic acids is 1. The fraction of sp³-hybridized carbons (Fsp3) is 0.474. The summed E-state index contributed by atoms with van der Waals surface area (Å²) in [6.45, 7) is 5.07. The SMILES string of the molecule is CCOCC1CCCN(C(=O)c2cccc(Nc3cnn(C)c3)c2)C1. The van der Waals surface area contributed by atoms with Gasteiger partial charge in [-0.3, -0.25) is 9.48 Å². The van der Waals surface area contributed by atoms with Crippen molar-refractivity contribution in [3.63, 3.8) is 0 Å². The summed E-state index contributed by atoms with van der Waals surface area (Å²) in [6, 6.07) is 7.65. The van der Waals surface area contributed by atoms with E-state index in [9.17, 15) is 4.79 Å². The summed E-state index contributed by atoms with van der Waals surface area (Å²) in [4.78, 5) is 14.8. The molecule has 2 aromatic rings. The third-order valence-electron chi connectivity index (χ3n) is 4.47. The van der Waals surface area contributed by atoms with Crippen molar-refractivity contribution in [3.05, 3.63) is 42.2 Å². The molecule has 25 heavy (non-hydrogen) atoms. The van der Waals surface area contributed by atoms with Gasteiger partial charge in [-0.2, -0.15) is 5.10 Å². The van der Waals surface area contributed by atoms with Crippen LogP contribution < -0.4 is 5.32 Å². The van der Waals surface area contributed by atoms with Crippen LogP contribution in [-0.2, 0) is 11.8 Å². The highest BCUT2D eigenvalue weighted by Crippen LogP contribution is 2.21. The molecule has 1 saturated heterocycles. The lowest BCUT2D eigenvalue weighted by molar-refractivity contribution is 0.0501. The molecule has 0 spiro atoms. The molecule has 0 bridgehead atoms. The van der Waals surface area contributed by atoms with Crippen LogP contribution in [0.4, 0.5) is 11.4 Å². The Balaban J connectivity index is 1.66. The van der Waals surface area contributed by atoms with E-state index in [1.807, 2.05) is 49.3 Å². The molecule has 134 valence electrons. The van der Waals surface area contributed by atoms with Crippen molar-refractivity contribution < 1.29 is 9.53 Å². The second-order valence-electron chi connectivity index (χ2n) is 6.53. The molecule has 1 atom stereocenters. The predicted octanol–water partition coefficient (Wildman–Crippen LogP) is 3.05. The van der Waals surface area contributed by atoms with Crippen molar-refractivity contribution in [2.75, 3.05) is 31.6 Å². The number of aryl methyl sites for hydroxylation is 1. The Morgan fingerprint density at radius 2 is 2.28 bits per heavy atom. The molecule has 6 heteroatoms. The third-order valence-corrected chi connectivity index (χ3v) is 4.47. The summed E-state index contributed by atoms with van der Waals surface area (Å²) >= 11 is 0. The van der Waals surface area contributed by atoms with Crippen molar-refractivity contribution in [2.24, 2.45) is 13.0 Å². The first-order valence-corrected chi connectivity index (χ1v) is 8.88. The van der Waals surface area contributed by atoms with Gasteiger partial charge >= 0.3 is 0 Å². The number of carbonyl (C=O) groups is 1. The van der Waals surface area contributed by atoms with Crippen LogP contribution in [0.5, 0.6) is 0 Å². The number of anilines is 2. The quantitative estimate of drug-likeness (QED) is 0.876. The van der Waals surface area contributed by atoms with Gasteiger partial charge in [0.1, 0.15) is 0 Å². The highest BCUT2D eigenvalue weighted by Gasteiger charge is 2.24. The highest BCUT2D eigenvalue weighted by atomic mass is 16.5. The van der Waals surface area contributed by atoms with Crippen LogP contribution >= 0.6 is 0 Å². The second-order valence-corrected chi connectivity index (χ2v) is 6.53. The lowest BCUT2D eigenvalue weighted by atomic mass is 9.98. The summed E-state index contributed by atoms with van der Waals surface area (Å²) in [5, 5.41) is 7.43. The molecule has 1 N–H and O–H groups in total. The van der Waals surface area contributed by atoms with E-state index in [0.717, 1.165) is 50.5 Å². The topological polar surface area (TPSA) is 59.4 Å². The van der Waals surface area contributed by atoms with Gasteiger partial charge in [-0.25, -0.2) is 0 Å². The molecule has 1 aromatic heterocycles. The van der Waals surface area contributed by atoms with Crippen molar-refractivity contribution in [2.45, 2.75) is 19.8 Å². The normalized spacial score (nSPS) is 17.5. The van der Waals surface area contributed by atoms with Crippen LogP contribution in [0.25, 0.3) is 0 Å². The van der Waals surface area contributed by atoms with E-state index >= 15 is 0 Å². The van der Waals surface area contributed by atoms with Gasteiger partial charge in [-0.1, -0.05) is 6.07 Å². The van der Waals surface area contributed by atoms with Crippen LogP contribution in [-0.4, -0.2) is 46.9 Å². The summed E-state index contributed by atoms with van der Waals surface area (Å²) in [5.41, 5.74) is 2.51. The molecule has 6 nitrogen and oxygen atoms in total. The molecular weight excluding hydrogens is 316 g/mol. The first kappa shape index (κ1) is 17.5. The number of benzene rings is 1. The zero-order valence-electron chi connectivity index (χ0n) is 14.9. The molecule has 2 heterocycles. The smallest absolute Gasteiger partial charge is 0.253 e. The Kier molecular flexibility index (Phi) is 5.71. The Hall–Kier alpha value is -2.34. The number of amides is 1. The van der Waals surface area contributed by atoms with Crippen LogP contribution in [0.2, 0.25) is 0 Å². The molecule has 1 fully saturated rings. The van der Waals surface area contributed by atoms with E-state index in [1.165, 1.54) is 0 Å². The van der Waals surface area contributed by atoms with E-state index in [1.54, 1.807) is 10.9 Å². The predicted molar refractivity (Wildman–Crippen MR) is 98.1 cm³/mol. The number of hydrogen-bond donors (Lipinski definition) is 1. The van der Waals surface area contributed by atoms with E-state index in [-0.39, 0.29) is 5.91 Å². The number of piperidine rings is 1. The molecule has 0 radical (unpaired) electrons. The molecule has 0 saturated carbocycles. The van der Waals surface area contributed by atoms with Gasteiger partial charge in [0.15, 0.2) is 0 Å². The number of nitrogens with one attached hydrogen (secondary N) is 1. The van der Waals surface area contributed by atoms with Gasteiger partial charge in [0.2, 0.25) is 0 Å². The van der Waals surface area contributed by atoms with Gasteiger partial charge in [-0.15, -0.1) is 0 Å². The largest absolute Gasteiger partial charge is 0.381 e. The molecule has 1 aromatic carbocycles. The Morgan fingerprint density at radius 3 is 3.04 bits per heavy atom. The molecule has 1 aliphatic rings. The molecule has 0 aliphatic carbocycles. The first-order valence-electron chi connectivity index (χ1n) is 8.88. The van der Waals surface area contributed by atoms with Crippen LogP contribution in [0.3, 0.4) is 0 Å². The Morgan fingerprint density at radius 1 is 1.40 bits per heavy atom. The lowest BCUT2D eigenvalue weighted by Gasteiger charge is -2.32. The maximum Gasteiger partial charge on any atom is 0.253 e. The average Bonchev–Trinajstić information content (AvgIpc) is 3.04. The number of aromatic nitrogens is 2. The molecule has 1 amide bonds. The molecule has 1 aliphatic heterocycles. The second kappa shape index (κ2) is 8.16. The lowest BCUT2D eigenvalue weighted by Crippen LogP contribution is -2.41. The maximum atomic E-state index is 12.9. The number of ether oxygens (including phenoxy) is 1. The van der Waals surface area contributed by atoms with Crippen LogP contribution in [0, 0.1) is 5.92 Å². The maximum absolute atomic E-state index is 12.9. The zero-order valence-corrected chi connectivity index (χ0v) is 14.9. The minimum Gasteiger partial charge on any atom is -0.381 e. The third kappa shape index (κ3) is 4.60. The van der Waals surface area contributed by atoms with Gasteiger partial charge in [0.05, 0.1) is 18.5 Å². The van der Waals surface area contributed by atoms with E-state index in [2.05, 4.69) is 10.4 Å². The van der Waals surface area contributed by atoms with Crippen molar-refractivity contribution in [1.29, 1.82) is 0 Å². The number of rotatable bonds is 6. The summed E-state index contributed by atoms with van der Waals surface area (Å²) < 4.78 is 7.28. The minimum absolute atomic E-state index is 0.0936. The first-order chi connectivity index (χ1) is 12.2. The molecule has 3 rings (SSSR count). The monoisotopic (exact) mass is 342 g/mol. The summed E-state index contributed by atoms with van der Waals surface area (Å²) in [7, 11) is 1.88. The fourth-order valence-electron chi connectivity index (χ4n) is 3.24. The van der Waals surface area contributed by atoms with Crippen LogP contribution in [0.15, 0.2) is 36.7 Å². The van der Waals surface area contributed by atoms with E-state index in [0.29, 0.717) is 11.5 Å². The van der Waals surface area contributed by atoms with Gasteiger partial charge in [-0.05, 0) is 43.9 Å². The van der Waals surface area contributed by atoms with Gasteiger partial charge in [0, 0.05) is 44.2 Å². The van der Waals surface area contributed by atoms with Gasteiger partial charge in [0.25, 0.3) is 5.91 Å².